The van der Waals surface area contributed by atoms with E-state index in [9.17, 15) is 15.4 Å². The summed E-state index contributed by atoms with van der Waals surface area (Å²) in [4.78, 5) is 16.9. The predicted molar refractivity (Wildman–Crippen MR) is 103 cm³/mol. The summed E-state index contributed by atoms with van der Waals surface area (Å²) in [5.74, 6) is 1.45. The van der Waals surface area contributed by atoms with Gasteiger partial charge in [-0.15, -0.1) is 0 Å². The van der Waals surface area contributed by atoms with Gasteiger partial charge in [0.25, 0.3) is 5.69 Å². The fourth-order valence-corrected chi connectivity index (χ4v) is 2.73. The van der Waals surface area contributed by atoms with Crippen LogP contribution in [-0.2, 0) is 0 Å². The van der Waals surface area contributed by atoms with Gasteiger partial charge in [-0.05, 0) is 30.7 Å². The van der Waals surface area contributed by atoms with Gasteiger partial charge >= 0.3 is 0 Å². The first-order valence-electron chi connectivity index (χ1n) is 8.38. The molecule has 0 saturated heterocycles. The zero-order valence-electron chi connectivity index (χ0n) is 15.0. The van der Waals surface area contributed by atoms with Crippen LogP contribution in [0.4, 0.5) is 11.5 Å². The lowest BCUT2D eigenvalue weighted by Crippen LogP contribution is -2.24. The highest BCUT2D eigenvalue weighted by Crippen LogP contribution is 2.26. The molecule has 0 spiro atoms. The lowest BCUT2D eigenvalue weighted by molar-refractivity contribution is -0.384. The monoisotopic (exact) mass is 362 g/mol. The first-order chi connectivity index (χ1) is 13.0. The van der Waals surface area contributed by atoms with Gasteiger partial charge in [-0.25, -0.2) is 4.98 Å². The molecule has 0 bridgehead atoms. The molecule has 0 radical (unpaired) electrons. The minimum atomic E-state index is -0.483. The van der Waals surface area contributed by atoms with Gasteiger partial charge in [0.2, 0.25) is 0 Å². The van der Waals surface area contributed by atoms with E-state index in [2.05, 4.69) is 11.1 Å². The molecule has 3 rings (SSSR count). The number of likely N-dealkylation sites (N-methyl/N-ethyl adjacent to an activating group) is 1. The van der Waals surface area contributed by atoms with Crippen LogP contribution in [0.3, 0.4) is 0 Å². The molecule has 3 aromatic rings. The number of nitro benzene ring substituents is 1. The Morgan fingerprint density at radius 2 is 2.04 bits per heavy atom. The molecule has 0 saturated carbocycles. The molecule has 1 aromatic heterocycles. The summed E-state index contributed by atoms with van der Waals surface area (Å²) in [5, 5.41) is 20.9. The van der Waals surface area contributed by atoms with Crippen molar-refractivity contribution >= 4 is 22.4 Å². The molecule has 136 valence electrons. The molecule has 7 nitrogen and oxygen atoms in total. The third kappa shape index (κ3) is 3.96. The van der Waals surface area contributed by atoms with Crippen LogP contribution < -0.4 is 9.64 Å². The lowest BCUT2D eigenvalue weighted by atomic mass is 10.1. The van der Waals surface area contributed by atoms with E-state index < -0.39 is 4.92 Å². The molecule has 0 aliphatic rings. The lowest BCUT2D eigenvalue weighted by Gasteiger charge is -2.19. The topological polar surface area (TPSA) is 92.3 Å². The second-order valence-corrected chi connectivity index (χ2v) is 6.13. The zero-order valence-corrected chi connectivity index (χ0v) is 15.0. The molecule has 0 aliphatic heterocycles. The molecule has 0 amide bonds. The van der Waals surface area contributed by atoms with Crippen LogP contribution in [-0.4, -0.2) is 30.1 Å². The number of aryl methyl sites for hydroxylation is 1. The first kappa shape index (κ1) is 18.1. The van der Waals surface area contributed by atoms with Crippen LogP contribution in [0.15, 0.2) is 48.5 Å². The summed E-state index contributed by atoms with van der Waals surface area (Å²) in [5.41, 5.74) is 1.90. The highest BCUT2D eigenvalue weighted by atomic mass is 16.6. The minimum absolute atomic E-state index is 0.0615. The number of pyridine rings is 1. The van der Waals surface area contributed by atoms with Gasteiger partial charge in [-0.2, -0.15) is 5.26 Å². The van der Waals surface area contributed by atoms with Gasteiger partial charge < -0.3 is 9.64 Å². The highest BCUT2D eigenvalue weighted by Gasteiger charge is 2.13. The van der Waals surface area contributed by atoms with Gasteiger partial charge in [-0.1, -0.05) is 18.2 Å². The van der Waals surface area contributed by atoms with Crippen molar-refractivity contribution in [3.63, 3.8) is 0 Å². The van der Waals surface area contributed by atoms with E-state index in [0.717, 1.165) is 11.3 Å². The van der Waals surface area contributed by atoms with Crippen LogP contribution in [0.2, 0.25) is 0 Å². The summed E-state index contributed by atoms with van der Waals surface area (Å²) in [6.45, 7) is 3.02. The Bertz CT molecular complexity index is 1040. The molecule has 0 aliphatic carbocycles. The molecule has 0 unspecified atom stereocenters. The zero-order chi connectivity index (χ0) is 19.4. The van der Waals surface area contributed by atoms with E-state index in [4.69, 9.17) is 4.74 Å². The Balaban J connectivity index is 1.79. The minimum Gasteiger partial charge on any atom is -0.491 e. The maximum atomic E-state index is 11.0. The number of para-hydroxylation sites is 1. The number of anilines is 1. The number of nitriles is 1. The summed E-state index contributed by atoms with van der Waals surface area (Å²) < 4.78 is 5.81. The van der Waals surface area contributed by atoms with Crippen LogP contribution in [0, 0.1) is 28.4 Å². The van der Waals surface area contributed by atoms with E-state index in [1.54, 1.807) is 12.1 Å². The summed E-state index contributed by atoms with van der Waals surface area (Å²) in [6, 6.07) is 15.9. The average molecular weight is 362 g/mol. The van der Waals surface area contributed by atoms with Gasteiger partial charge in [0.1, 0.15) is 18.2 Å². The van der Waals surface area contributed by atoms with E-state index in [1.165, 1.54) is 12.1 Å². The number of aromatic nitrogens is 1. The smallest absolute Gasteiger partial charge is 0.270 e. The average Bonchev–Trinajstić information content (AvgIpc) is 2.67. The third-order valence-corrected chi connectivity index (χ3v) is 4.28. The second kappa shape index (κ2) is 7.70. The van der Waals surface area contributed by atoms with E-state index in [0.29, 0.717) is 35.4 Å². The van der Waals surface area contributed by atoms with Crippen molar-refractivity contribution in [2.45, 2.75) is 6.92 Å². The van der Waals surface area contributed by atoms with Crippen molar-refractivity contribution in [2.24, 2.45) is 0 Å². The molecule has 7 heteroatoms. The van der Waals surface area contributed by atoms with Crippen molar-refractivity contribution in [2.75, 3.05) is 25.1 Å². The number of nitrogens with zero attached hydrogens (tertiary/aromatic N) is 4. The van der Waals surface area contributed by atoms with Crippen LogP contribution in [0.1, 0.15) is 11.1 Å². The maximum absolute atomic E-state index is 11.0. The van der Waals surface area contributed by atoms with Crippen molar-refractivity contribution in [1.82, 2.24) is 4.98 Å². The number of ether oxygens (including phenoxy) is 1. The Labute approximate surface area is 156 Å². The van der Waals surface area contributed by atoms with E-state index in [1.807, 2.05) is 43.1 Å². The second-order valence-electron chi connectivity index (χ2n) is 6.13. The SMILES string of the molecule is Cc1ccccc1OCCN(C)c1cc(C#N)c2cc([N+](=O)[O-])ccc2n1. The van der Waals surface area contributed by atoms with Crippen molar-refractivity contribution in [3.8, 4) is 11.8 Å². The van der Waals surface area contributed by atoms with Crippen molar-refractivity contribution < 1.29 is 9.66 Å². The number of hydrogen-bond donors (Lipinski definition) is 0. The molecular weight excluding hydrogens is 344 g/mol. The summed E-state index contributed by atoms with van der Waals surface area (Å²) in [7, 11) is 1.86. The molecule has 0 fully saturated rings. The van der Waals surface area contributed by atoms with Crippen molar-refractivity contribution in [3.05, 3.63) is 69.8 Å². The number of nitro groups is 1. The number of benzene rings is 2. The molecular formula is C20H18N4O3. The standard InChI is InChI=1S/C20H18N4O3/c1-14-5-3-4-6-19(14)27-10-9-23(2)20-11-15(13-21)17-12-16(24(25)26)7-8-18(17)22-20/h3-8,11-12H,9-10H2,1-2H3. The van der Waals surface area contributed by atoms with Gasteiger partial charge in [0.05, 0.1) is 28.6 Å². The van der Waals surface area contributed by atoms with Gasteiger partial charge in [0.15, 0.2) is 0 Å². The van der Waals surface area contributed by atoms with Crippen LogP contribution in [0.25, 0.3) is 10.9 Å². The highest BCUT2D eigenvalue weighted by molar-refractivity contribution is 5.88. The normalized spacial score (nSPS) is 10.4. The largest absolute Gasteiger partial charge is 0.491 e. The summed E-state index contributed by atoms with van der Waals surface area (Å²) in [6.07, 6.45) is 0. The Kier molecular flexibility index (Phi) is 5.18. The van der Waals surface area contributed by atoms with Gasteiger partial charge in [0, 0.05) is 24.6 Å². The van der Waals surface area contributed by atoms with Crippen molar-refractivity contribution in [1.29, 1.82) is 5.26 Å². The predicted octanol–water partition coefficient (Wildman–Crippen LogP) is 3.84. The third-order valence-electron chi connectivity index (χ3n) is 4.28. The molecule has 27 heavy (non-hydrogen) atoms. The summed E-state index contributed by atoms with van der Waals surface area (Å²) >= 11 is 0. The number of non-ortho nitro benzene ring substituents is 1. The molecule has 1 heterocycles. The van der Waals surface area contributed by atoms with E-state index >= 15 is 0 Å². The van der Waals surface area contributed by atoms with Crippen LogP contribution in [0.5, 0.6) is 5.75 Å². The fraction of sp³-hybridized carbons (Fsp3) is 0.200. The maximum Gasteiger partial charge on any atom is 0.270 e. The Morgan fingerprint density at radius 3 is 2.74 bits per heavy atom. The number of fused-ring (bicyclic) bond motifs is 1. The molecule has 0 atom stereocenters. The van der Waals surface area contributed by atoms with Crippen LogP contribution >= 0.6 is 0 Å². The molecule has 2 aromatic carbocycles. The quantitative estimate of drug-likeness (QED) is 0.489. The fourth-order valence-electron chi connectivity index (χ4n) is 2.73. The molecule has 0 N–H and O–H groups in total. The Hall–Kier alpha value is -3.66. The van der Waals surface area contributed by atoms with Gasteiger partial charge in [-0.3, -0.25) is 10.1 Å². The number of rotatable bonds is 6. The van der Waals surface area contributed by atoms with E-state index in [-0.39, 0.29) is 5.69 Å². The first-order valence-corrected chi connectivity index (χ1v) is 8.38. The Morgan fingerprint density at radius 1 is 1.26 bits per heavy atom. The number of hydrogen-bond acceptors (Lipinski definition) is 6.